The number of hydrogen-bond acceptors (Lipinski definition) is 20. The molecule has 0 bridgehead atoms. The maximum Gasteiger partial charge on any atom is 0.508 e. The van der Waals surface area contributed by atoms with Crippen molar-refractivity contribution < 1.29 is 95.3 Å². The third-order valence-corrected chi connectivity index (χ3v) is 10.6. The lowest BCUT2D eigenvalue weighted by Gasteiger charge is -2.33. The fourth-order valence-corrected chi connectivity index (χ4v) is 7.16. The number of rotatable bonds is 5. The summed E-state index contributed by atoms with van der Waals surface area (Å²) in [5, 5.41) is 9.71. The number of aliphatic hydroxyl groups is 1. The zero-order valence-electron chi connectivity index (χ0n) is 33.6. The number of aliphatic hydroxyl groups excluding tert-OH is 1. The molecule has 57 heavy (non-hydrogen) atoms. The second kappa shape index (κ2) is 15.9. The summed E-state index contributed by atoms with van der Waals surface area (Å²) < 4.78 is 81.9. The van der Waals surface area contributed by atoms with Crippen LogP contribution in [0.4, 0.5) is 9.59 Å². The molecular formula is C36H53ClO20. The van der Waals surface area contributed by atoms with Crippen LogP contribution in [0.5, 0.6) is 0 Å². The van der Waals surface area contributed by atoms with E-state index >= 15 is 0 Å². The number of hydrogen-bond donors (Lipinski definition) is 1. The largest absolute Gasteiger partial charge is 0.508 e. The van der Waals surface area contributed by atoms with E-state index < -0.39 is 113 Å². The normalized spacial score (nSPS) is 39.7. The highest BCUT2D eigenvalue weighted by atomic mass is 35.5. The molecule has 8 saturated heterocycles. The maximum absolute atomic E-state index is 12.9. The summed E-state index contributed by atoms with van der Waals surface area (Å²) in [7, 11) is 0. The molecule has 324 valence electrons. The highest BCUT2D eigenvalue weighted by molar-refractivity contribution is 6.64. The minimum absolute atomic E-state index is 0.00579. The van der Waals surface area contributed by atoms with Crippen LogP contribution in [0.3, 0.4) is 0 Å². The fourth-order valence-electron chi connectivity index (χ4n) is 7.05. The smallest absolute Gasteiger partial charge is 0.456 e. The molecule has 0 radical (unpaired) electrons. The lowest BCUT2D eigenvalue weighted by atomic mass is 9.92. The SMILES string of the molecule is CC1(C(=O)Cl)COC(=O)OC1.CC1(C)OCC([C@H]2O[C@@H]3OC(C)(C)O[C@H]3[C@H]2O)O1.CC1(C)OCC([C@H]2O[C@H]3OC(C)(C)O[C@H]3[C@H]2OC(=O)C2(C)COC(=O)OC2)O1. The molecule has 2 unspecified atom stereocenters. The first kappa shape index (κ1) is 44.1. The van der Waals surface area contributed by atoms with Crippen molar-refractivity contribution in [2.75, 3.05) is 39.6 Å². The lowest BCUT2D eigenvalue weighted by Crippen LogP contribution is -2.50. The van der Waals surface area contributed by atoms with Crippen LogP contribution >= 0.6 is 11.6 Å². The summed E-state index contributed by atoms with van der Waals surface area (Å²) in [6.07, 6.45) is -7.27. The number of carbonyl (C=O) groups excluding carboxylic acids is 4. The zero-order chi connectivity index (χ0) is 41.9. The molecule has 0 aliphatic carbocycles. The van der Waals surface area contributed by atoms with Crippen LogP contribution in [0.25, 0.3) is 0 Å². The van der Waals surface area contributed by atoms with E-state index in [0.29, 0.717) is 6.61 Å². The van der Waals surface area contributed by atoms with Crippen LogP contribution in [0.2, 0.25) is 0 Å². The van der Waals surface area contributed by atoms with Crippen molar-refractivity contribution in [3.8, 4) is 0 Å². The Labute approximate surface area is 334 Å². The number of cyclic esters (lactones) is 4. The third kappa shape index (κ3) is 9.95. The van der Waals surface area contributed by atoms with Crippen LogP contribution in [0.1, 0.15) is 69.2 Å². The van der Waals surface area contributed by atoms with Crippen LogP contribution in [0.15, 0.2) is 0 Å². The molecule has 20 nitrogen and oxygen atoms in total. The number of ether oxygens (including phenoxy) is 15. The second-order valence-corrected chi connectivity index (χ2v) is 17.6. The first-order valence-electron chi connectivity index (χ1n) is 18.6. The van der Waals surface area contributed by atoms with E-state index in [9.17, 15) is 24.3 Å². The summed E-state index contributed by atoms with van der Waals surface area (Å²) in [4.78, 5) is 45.1. The van der Waals surface area contributed by atoms with Crippen LogP contribution in [-0.2, 0) is 80.6 Å². The summed E-state index contributed by atoms with van der Waals surface area (Å²) >= 11 is 5.24. The van der Waals surface area contributed by atoms with Crippen molar-refractivity contribution in [1.29, 1.82) is 0 Å². The highest BCUT2D eigenvalue weighted by Gasteiger charge is 2.61. The lowest BCUT2D eigenvalue weighted by molar-refractivity contribution is -0.237. The van der Waals surface area contributed by atoms with Gasteiger partial charge < -0.3 is 76.2 Å². The van der Waals surface area contributed by atoms with Gasteiger partial charge in [0.25, 0.3) is 0 Å². The Morgan fingerprint density at radius 2 is 1.00 bits per heavy atom. The second-order valence-electron chi connectivity index (χ2n) is 17.3. The first-order valence-corrected chi connectivity index (χ1v) is 19.0. The van der Waals surface area contributed by atoms with Gasteiger partial charge >= 0.3 is 18.3 Å². The van der Waals surface area contributed by atoms with Gasteiger partial charge in [0, 0.05) is 0 Å². The molecule has 0 aromatic rings. The quantitative estimate of drug-likeness (QED) is 0.238. The molecule has 0 aromatic heterocycles. The number of fused-ring (bicyclic) bond motifs is 2. The maximum atomic E-state index is 12.9. The summed E-state index contributed by atoms with van der Waals surface area (Å²) in [5.41, 5.74) is -2.01. The van der Waals surface area contributed by atoms with Gasteiger partial charge in [-0.05, 0) is 80.8 Å². The van der Waals surface area contributed by atoms with Gasteiger partial charge in [0.15, 0.2) is 47.9 Å². The molecule has 0 amide bonds. The zero-order valence-corrected chi connectivity index (χ0v) is 34.4. The fraction of sp³-hybridized carbons (Fsp3) is 0.889. The molecule has 0 saturated carbocycles. The first-order chi connectivity index (χ1) is 26.3. The van der Waals surface area contributed by atoms with Gasteiger partial charge in [-0.15, -0.1) is 0 Å². The summed E-state index contributed by atoms with van der Waals surface area (Å²) in [6.45, 7) is 18.0. The van der Waals surface area contributed by atoms with Crippen LogP contribution in [0, 0.1) is 10.8 Å². The number of halogens is 1. The van der Waals surface area contributed by atoms with E-state index in [1.165, 1.54) is 0 Å². The van der Waals surface area contributed by atoms with Crippen LogP contribution < -0.4 is 0 Å². The van der Waals surface area contributed by atoms with Crippen molar-refractivity contribution in [2.45, 2.75) is 154 Å². The Kier molecular flexibility index (Phi) is 12.3. The molecule has 0 aromatic carbocycles. The number of esters is 1. The Morgan fingerprint density at radius 1 is 0.579 bits per heavy atom. The molecule has 21 heteroatoms. The average molecular weight is 841 g/mol. The van der Waals surface area contributed by atoms with Crippen LogP contribution in [-0.4, -0.2) is 153 Å². The minimum Gasteiger partial charge on any atom is -0.456 e. The molecule has 1 N–H and O–H groups in total. The molecule has 8 heterocycles. The Bertz CT molecular complexity index is 1510. The van der Waals surface area contributed by atoms with E-state index in [1.54, 1.807) is 55.4 Å². The molecular weight excluding hydrogens is 788 g/mol. The van der Waals surface area contributed by atoms with Gasteiger partial charge in [0.05, 0.1) is 13.2 Å². The Morgan fingerprint density at radius 3 is 1.44 bits per heavy atom. The predicted molar refractivity (Wildman–Crippen MR) is 185 cm³/mol. The standard InChI is InChI=1S/C18H26O10.C12H20O6.C6H7ClO4/c1-16(2)23-6-9(26-16)10-11(12-13(24-10)28-17(3,4)27-12)25-14(19)18(5)7-21-15(20)22-8-18;1-11(2)14-5-6(16-11)8-7(13)9-10(15-8)18-12(3,4)17-9;1-6(4(7)8)2-10-5(9)11-3-6/h9-13H,6-8H2,1-5H3;6-10,13H,5H2,1-4H3;2-3H2,1H3/t9?,10-,11+,12+,13+;6?,7-,8+,9-,10+;/m10./s1. The topological polar surface area (TPSA) is 227 Å². The molecule has 8 aliphatic rings. The van der Waals surface area contributed by atoms with Crippen molar-refractivity contribution >= 4 is 35.1 Å². The van der Waals surface area contributed by atoms with Gasteiger partial charge in [0.2, 0.25) is 5.24 Å². The molecule has 8 rings (SSSR count). The third-order valence-electron chi connectivity index (χ3n) is 10.1. The van der Waals surface area contributed by atoms with E-state index in [0.717, 1.165) is 0 Å². The van der Waals surface area contributed by atoms with Gasteiger partial charge in [0.1, 0.15) is 73.9 Å². The van der Waals surface area contributed by atoms with Gasteiger partial charge in [-0.25, -0.2) is 9.59 Å². The minimum atomic E-state index is -1.13. The Balaban J connectivity index is 0.000000161. The van der Waals surface area contributed by atoms with E-state index in [2.05, 4.69) is 9.47 Å². The summed E-state index contributed by atoms with van der Waals surface area (Å²) in [5.74, 6) is -3.56. The van der Waals surface area contributed by atoms with Gasteiger partial charge in [-0.2, -0.15) is 0 Å². The molecule has 8 aliphatic heterocycles. The van der Waals surface area contributed by atoms with E-state index in [-0.39, 0.29) is 39.1 Å². The number of carbonyl (C=O) groups is 4. The van der Waals surface area contributed by atoms with Crippen molar-refractivity contribution in [2.24, 2.45) is 10.8 Å². The molecule has 10 atom stereocenters. The van der Waals surface area contributed by atoms with Crippen molar-refractivity contribution in [1.82, 2.24) is 0 Å². The van der Waals surface area contributed by atoms with Gasteiger partial charge in [-0.3, -0.25) is 9.59 Å². The monoisotopic (exact) mass is 840 g/mol. The van der Waals surface area contributed by atoms with E-state index in [4.69, 9.17) is 73.2 Å². The molecule has 0 spiro atoms. The predicted octanol–water partition coefficient (Wildman–Crippen LogP) is 2.40. The highest BCUT2D eigenvalue weighted by Crippen LogP contribution is 2.43. The van der Waals surface area contributed by atoms with Gasteiger partial charge in [-0.1, -0.05) is 0 Å². The Hall–Kier alpha value is -2.47. The molecule has 8 fully saturated rings. The van der Waals surface area contributed by atoms with Crippen molar-refractivity contribution in [3.05, 3.63) is 0 Å². The van der Waals surface area contributed by atoms with Crippen molar-refractivity contribution in [3.63, 3.8) is 0 Å². The average Bonchev–Trinajstić information content (AvgIpc) is 3.93. The summed E-state index contributed by atoms with van der Waals surface area (Å²) in [6, 6.07) is 0. The van der Waals surface area contributed by atoms with E-state index in [1.807, 2.05) is 13.8 Å².